The highest BCUT2D eigenvalue weighted by atomic mass is 15.2. The Kier molecular flexibility index (Phi) is 4.92. The Bertz CT molecular complexity index is 331. The molecule has 0 atom stereocenters. The van der Waals surface area contributed by atoms with Crippen LogP contribution in [0.3, 0.4) is 0 Å². The molecule has 0 fully saturated rings. The minimum Gasteiger partial charge on any atom is -0.354 e. The Morgan fingerprint density at radius 1 is 1.44 bits per heavy atom. The van der Waals surface area contributed by atoms with Crippen molar-refractivity contribution in [2.75, 3.05) is 25.0 Å². The normalized spacial score (nSPS) is 10.2. The first-order chi connectivity index (χ1) is 7.63. The molecule has 0 bridgehead atoms. The molecule has 0 saturated carbocycles. The molecular formula is C12H20N4. The van der Waals surface area contributed by atoms with Gasteiger partial charge in [0.25, 0.3) is 0 Å². The highest BCUT2D eigenvalue weighted by molar-refractivity contribution is 5.37. The number of aromatic nitrogens is 2. The molecule has 0 aromatic carbocycles. The van der Waals surface area contributed by atoms with Crippen LogP contribution in [0.5, 0.6) is 0 Å². The number of hydrogen-bond acceptors (Lipinski definition) is 4. The summed E-state index contributed by atoms with van der Waals surface area (Å²) in [5, 5.41) is 11.6. The van der Waals surface area contributed by atoms with Gasteiger partial charge in [0, 0.05) is 20.1 Å². The molecule has 1 heterocycles. The van der Waals surface area contributed by atoms with Crippen molar-refractivity contribution in [2.24, 2.45) is 0 Å². The van der Waals surface area contributed by atoms with E-state index in [0.717, 1.165) is 36.7 Å². The van der Waals surface area contributed by atoms with Crippen LogP contribution in [0.15, 0.2) is 24.3 Å². The van der Waals surface area contributed by atoms with Gasteiger partial charge in [0.15, 0.2) is 5.82 Å². The van der Waals surface area contributed by atoms with Crippen LogP contribution in [0.4, 0.5) is 5.82 Å². The fraction of sp³-hybridized carbons (Fsp3) is 0.500. The van der Waals surface area contributed by atoms with Crippen LogP contribution in [0.25, 0.3) is 0 Å². The lowest BCUT2D eigenvalue weighted by atomic mass is 10.3. The second kappa shape index (κ2) is 6.23. The Morgan fingerprint density at radius 2 is 2.19 bits per heavy atom. The number of likely N-dealkylation sites (N-methyl/N-ethyl adjacent to an activating group) is 1. The van der Waals surface area contributed by atoms with Crippen LogP contribution in [0.2, 0.25) is 0 Å². The van der Waals surface area contributed by atoms with E-state index in [9.17, 15) is 0 Å². The Balaban J connectivity index is 2.59. The predicted molar refractivity (Wildman–Crippen MR) is 67.5 cm³/mol. The number of hydrogen-bond donors (Lipinski definition) is 1. The fourth-order valence-electron chi connectivity index (χ4n) is 1.39. The molecule has 1 aromatic rings. The van der Waals surface area contributed by atoms with Gasteiger partial charge in [-0.05, 0) is 25.6 Å². The molecule has 0 amide bonds. The summed E-state index contributed by atoms with van der Waals surface area (Å²) in [5.41, 5.74) is 2.08. The van der Waals surface area contributed by atoms with Crippen LogP contribution in [-0.4, -0.2) is 30.3 Å². The van der Waals surface area contributed by atoms with Gasteiger partial charge in [0.1, 0.15) is 0 Å². The van der Waals surface area contributed by atoms with Gasteiger partial charge in [0.2, 0.25) is 0 Å². The van der Waals surface area contributed by atoms with Crippen molar-refractivity contribution in [2.45, 2.75) is 20.4 Å². The van der Waals surface area contributed by atoms with Crippen LogP contribution in [0.1, 0.15) is 19.5 Å². The molecule has 16 heavy (non-hydrogen) atoms. The molecule has 0 aliphatic rings. The van der Waals surface area contributed by atoms with E-state index in [0.29, 0.717) is 0 Å². The van der Waals surface area contributed by atoms with Crippen LogP contribution < -0.4 is 10.2 Å². The lowest BCUT2D eigenvalue weighted by Crippen LogP contribution is -2.21. The third-order valence-corrected chi connectivity index (χ3v) is 2.16. The number of nitrogens with zero attached hydrogens (tertiary/aromatic N) is 3. The lowest BCUT2D eigenvalue weighted by Gasteiger charge is -2.17. The molecule has 1 N–H and O–H groups in total. The summed E-state index contributed by atoms with van der Waals surface area (Å²) in [6.45, 7) is 10.5. The first-order valence-electron chi connectivity index (χ1n) is 5.52. The summed E-state index contributed by atoms with van der Waals surface area (Å²) in [5.74, 6) is 0.878. The van der Waals surface area contributed by atoms with Gasteiger partial charge < -0.3 is 10.2 Å². The first-order valence-corrected chi connectivity index (χ1v) is 5.52. The molecular weight excluding hydrogens is 200 g/mol. The van der Waals surface area contributed by atoms with Crippen LogP contribution in [0, 0.1) is 0 Å². The topological polar surface area (TPSA) is 41.0 Å². The van der Waals surface area contributed by atoms with Gasteiger partial charge in [-0.15, -0.1) is 5.10 Å². The maximum absolute atomic E-state index is 4.18. The van der Waals surface area contributed by atoms with E-state index in [-0.39, 0.29) is 0 Å². The van der Waals surface area contributed by atoms with Crippen molar-refractivity contribution in [1.29, 1.82) is 0 Å². The van der Waals surface area contributed by atoms with Gasteiger partial charge in [-0.3, -0.25) is 0 Å². The number of nitrogens with one attached hydrogen (secondary N) is 1. The van der Waals surface area contributed by atoms with E-state index in [2.05, 4.69) is 29.0 Å². The zero-order valence-corrected chi connectivity index (χ0v) is 10.3. The van der Waals surface area contributed by atoms with Crippen LogP contribution in [-0.2, 0) is 6.54 Å². The van der Waals surface area contributed by atoms with E-state index in [4.69, 9.17) is 0 Å². The Labute approximate surface area is 97.4 Å². The smallest absolute Gasteiger partial charge is 0.151 e. The monoisotopic (exact) mass is 220 g/mol. The van der Waals surface area contributed by atoms with Gasteiger partial charge in [0.05, 0.1) is 5.69 Å². The highest BCUT2D eigenvalue weighted by Crippen LogP contribution is 2.08. The quantitative estimate of drug-likeness (QED) is 0.739. The average Bonchev–Trinajstić information content (AvgIpc) is 2.26. The van der Waals surface area contributed by atoms with Crippen molar-refractivity contribution >= 4 is 5.82 Å². The number of rotatable bonds is 6. The third-order valence-electron chi connectivity index (χ3n) is 2.16. The predicted octanol–water partition coefficient (Wildman–Crippen LogP) is 1.60. The molecule has 0 aliphatic carbocycles. The van der Waals surface area contributed by atoms with Crippen molar-refractivity contribution in [3.8, 4) is 0 Å². The van der Waals surface area contributed by atoms with Crippen molar-refractivity contribution in [3.05, 3.63) is 30.0 Å². The molecule has 0 aliphatic heterocycles. The maximum atomic E-state index is 4.18. The summed E-state index contributed by atoms with van der Waals surface area (Å²) >= 11 is 0. The second-order valence-electron chi connectivity index (χ2n) is 3.98. The fourth-order valence-corrected chi connectivity index (χ4v) is 1.39. The van der Waals surface area contributed by atoms with Crippen molar-refractivity contribution in [3.63, 3.8) is 0 Å². The molecule has 4 nitrogen and oxygen atoms in total. The molecule has 4 heteroatoms. The van der Waals surface area contributed by atoms with Gasteiger partial charge >= 0.3 is 0 Å². The van der Waals surface area contributed by atoms with E-state index in [1.165, 1.54) is 0 Å². The summed E-state index contributed by atoms with van der Waals surface area (Å²) in [6, 6.07) is 3.99. The largest absolute Gasteiger partial charge is 0.354 e. The lowest BCUT2D eigenvalue weighted by molar-refractivity contribution is 0.697. The molecule has 1 rings (SSSR count). The van der Waals surface area contributed by atoms with Gasteiger partial charge in [-0.1, -0.05) is 19.1 Å². The maximum Gasteiger partial charge on any atom is 0.151 e. The van der Waals surface area contributed by atoms with E-state index < -0.39 is 0 Å². The molecule has 88 valence electrons. The van der Waals surface area contributed by atoms with E-state index >= 15 is 0 Å². The highest BCUT2D eigenvalue weighted by Gasteiger charge is 2.03. The minimum atomic E-state index is 0.772. The molecule has 0 saturated heterocycles. The number of anilines is 1. The van der Waals surface area contributed by atoms with Gasteiger partial charge in [-0.2, -0.15) is 5.10 Å². The zero-order chi connectivity index (χ0) is 12.0. The standard InChI is InChI=1S/C12H20N4/c1-5-13-8-11-6-7-12(15-14-11)16(4)9-10(2)3/h6-7,13H,2,5,8-9H2,1,3-4H3. The summed E-state index contributed by atoms with van der Waals surface area (Å²) in [7, 11) is 1.99. The molecule has 1 aromatic heterocycles. The second-order valence-corrected chi connectivity index (χ2v) is 3.98. The third kappa shape index (κ3) is 3.98. The van der Waals surface area contributed by atoms with Gasteiger partial charge in [-0.25, -0.2) is 0 Å². The van der Waals surface area contributed by atoms with Crippen molar-refractivity contribution in [1.82, 2.24) is 15.5 Å². The molecule has 0 spiro atoms. The first kappa shape index (κ1) is 12.6. The Hall–Kier alpha value is -1.42. The zero-order valence-electron chi connectivity index (χ0n) is 10.3. The van der Waals surface area contributed by atoms with E-state index in [1.807, 2.05) is 31.0 Å². The molecule has 0 unspecified atom stereocenters. The summed E-state index contributed by atoms with van der Waals surface area (Å²) in [6.07, 6.45) is 0. The van der Waals surface area contributed by atoms with Crippen LogP contribution >= 0.6 is 0 Å². The van der Waals surface area contributed by atoms with Crippen molar-refractivity contribution < 1.29 is 0 Å². The summed E-state index contributed by atoms with van der Waals surface area (Å²) in [4.78, 5) is 2.03. The molecule has 0 radical (unpaired) electrons. The minimum absolute atomic E-state index is 0.772. The summed E-state index contributed by atoms with van der Waals surface area (Å²) < 4.78 is 0. The average molecular weight is 220 g/mol. The Morgan fingerprint density at radius 3 is 2.69 bits per heavy atom. The van der Waals surface area contributed by atoms with E-state index in [1.54, 1.807) is 0 Å². The SMILES string of the molecule is C=C(C)CN(C)c1ccc(CNCC)nn1.